The zero-order valence-corrected chi connectivity index (χ0v) is 24.1. The maximum atomic E-state index is 13.8. The van der Waals surface area contributed by atoms with Crippen molar-refractivity contribution in [2.45, 2.75) is 56.6 Å². The van der Waals surface area contributed by atoms with E-state index in [9.17, 15) is 9.90 Å². The molecule has 0 amide bonds. The monoisotopic (exact) mass is 566 g/mol. The molecule has 3 atom stereocenters. The minimum Gasteiger partial charge on any atom is -0.390 e. The summed E-state index contributed by atoms with van der Waals surface area (Å²) in [5.41, 5.74) is 2.69. The molecule has 1 aliphatic rings. The van der Waals surface area contributed by atoms with Crippen LogP contribution in [-0.4, -0.2) is 48.2 Å². The van der Waals surface area contributed by atoms with Crippen LogP contribution >= 0.6 is 0 Å². The highest BCUT2D eigenvalue weighted by Gasteiger charge is 2.49. The Hall–Kier alpha value is -3.65. The summed E-state index contributed by atoms with van der Waals surface area (Å²) in [6.45, 7) is 3.99. The predicted molar refractivity (Wildman–Crippen MR) is 161 cm³/mol. The normalized spacial score (nSPS) is 18.9. The summed E-state index contributed by atoms with van der Waals surface area (Å²) in [7, 11) is 0. The molecule has 218 valence electrons. The zero-order valence-electron chi connectivity index (χ0n) is 24.1. The number of benzene rings is 4. The third-order valence-corrected chi connectivity index (χ3v) is 7.47. The maximum absolute atomic E-state index is 13.8. The highest BCUT2D eigenvalue weighted by molar-refractivity contribution is 5.85. The smallest absolute Gasteiger partial charge is 0.190 e. The largest absolute Gasteiger partial charge is 0.390 e. The molecule has 42 heavy (non-hydrogen) atoms. The van der Waals surface area contributed by atoms with Gasteiger partial charge in [-0.15, -0.1) is 0 Å². The minimum atomic E-state index is -1.05. The van der Waals surface area contributed by atoms with Crippen LogP contribution < -0.4 is 0 Å². The number of carbonyl (C=O) groups excluding carboxylic acids is 1. The van der Waals surface area contributed by atoms with E-state index in [4.69, 9.17) is 18.9 Å². The van der Waals surface area contributed by atoms with Gasteiger partial charge in [0.15, 0.2) is 17.7 Å². The standard InChI is InChI=1S/C36H38O6/c1-35(2)41-33(31(37)23-24-39-25-27-15-7-3-8-16-27)34(42-35)32(38)26-40-36(28-17-9-4-10-18-28,29-19-11-5-12-20-29)30-21-13-6-14-22-30/h3-22,31,33-34,37H,23-26H2,1-2H3/t31-,33-,34-/m1/s1. The molecular weight excluding hydrogens is 528 g/mol. The Morgan fingerprint density at radius 1 is 0.786 bits per heavy atom. The van der Waals surface area contributed by atoms with Gasteiger partial charge in [0.05, 0.1) is 12.7 Å². The lowest BCUT2D eigenvalue weighted by molar-refractivity contribution is -0.162. The second-order valence-electron chi connectivity index (χ2n) is 10.9. The lowest BCUT2D eigenvalue weighted by Gasteiger charge is -2.36. The molecule has 1 aliphatic heterocycles. The van der Waals surface area contributed by atoms with Gasteiger partial charge >= 0.3 is 0 Å². The van der Waals surface area contributed by atoms with Crippen LogP contribution in [0.15, 0.2) is 121 Å². The number of hydrogen-bond donors (Lipinski definition) is 1. The van der Waals surface area contributed by atoms with E-state index in [0.29, 0.717) is 19.6 Å². The van der Waals surface area contributed by atoms with Gasteiger partial charge in [-0.2, -0.15) is 0 Å². The van der Waals surface area contributed by atoms with Crippen LogP contribution in [0.4, 0.5) is 0 Å². The minimum absolute atomic E-state index is 0.253. The average Bonchev–Trinajstić information content (AvgIpc) is 3.37. The van der Waals surface area contributed by atoms with Crippen LogP contribution in [-0.2, 0) is 35.9 Å². The number of ether oxygens (including phenoxy) is 4. The van der Waals surface area contributed by atoms with Gasteiger partial charge in [-0.25, -0.2) is 0 Å². The Labute approximate surface area is 247 Å². The number of aliphatic hydroxyl groups excluding tert-OH is 1. The molecular formula is C36H38O6. The summed E-state index contributed by atoms with van der Waals surface area (Å²) in [4.78, 5) is 13.8. The molecule has 0 aromatic heterocycles. The van der Waals surface area contributed by atoms with E-state index in [1.165, 1.54) is 0 Å². The fraction of sp³-hybridized carbons (Fsp3) is 0.306. The molecule has 6 heteroatoms. The summed E-state index contributed by atoms with van der Waals surface area (Å²) in [5, 5.41) is 11.1. The van der Waals surface area contributed by atoms with Crippen LogP contribution in [0.1, 0.15) is 42.5 Å². The lowest BCUT2D eigenvalue weighted by Crippen LogP contribution is -2.44. The molecule has 0 spiro atoms. The Balaban J connectivity index is 1.35. The quantitative estimate of drug-likeness (QED) is 0.157. The molecule has 0 bridgehead atoms. The fourth-order valence-electron chi connectivity index (χ4n) is 5.48. The van der Waals surface area contributed by atoms with Crippen LogP contribution in [0.2, 0.25) is 0 Å². The van der Waals surface area contributed by atoms with Gasteiger partial charge in [0.2, 0.25) is 0 Å². The van der Waals surface area contributed by atoms with E-state index in [1.54, 1.807) is 13.8 Å². The van der Waals surface area contributed by atoms with Crippen molar-refractivity contribution in [3.63, 3.8) is 0 Å². The molecule has 0 radical (unpaired) electrons. The van der Waals surface area contributed by atoms with E-state index in [0.717, 1.165) is 22.3 Å². The summed E-state index contributed by atoms with van der Waals surface area (Å²) < 4.78 is 24.6. The molecule has 1 heterocycles. The molecule has 6 nitrogen and oxygen atoms in total. The number of Topliss-reactive ketones (excluding diaryl/α,β-unsaturated/α-hetero) is 1. The lowest BCUT2D eigenvalue weighted by atomic mass is 9.80. The number of hydrogen-bond acceptors (Lipinski definition) is 6. The van der Waals surface area contributed by atoms with Crippen molar-refractivity contribution in [3.8, 4) is 0 Å². The van der Waals surface area contributed by atoms with E-state index in [2.05, 4.69) is 0 Å². The van der Waals surface area contributed by atoms with Crippen molar-refractivity contribution in [2.24, 2.45) is 0 Å². The third kappa shape index (κ3) is 6.86. The SMILES string of the molecule is CC1(C)O[C@H]([C@H](O)CCOCc2ccccc2)[C@@H](C(=O)COC(c2ccccc2)(c2ccccc2)c2ccccc2)O1. The molecule has 4 aromatic carbocycles. The fourth-order valence-corrected chi connectivity index (χ4v) is 5.48. The van der Waals surface area contributed by atoms with Gasteiger partial charge in [-0.3, -0.25) is 4.79 Å². The van der Waals surface area contributed by atoms with Gasteiger partial charge in [0.1, 0.15) is 18.3 Å². The molecule has 1 saturated heterocycles. The van der Waals surface area contributed by atoms with Crippen LogP contribution in [0, 0.1) is 0 Å². The van der Waals surface area contributed by atoms with Crippen molar-refractivity contribution in [3.05, 3.63) is 144 Å². The van der Waals surface area contributed by atoms with Gasteiger partial charge in [0, 0.05) is 6.61 Å². The maximum Gasteiger partial charge on any atom is 0.190 e. The Morgan fingerprint density at radius 3 is 1.76 bits per heavy atom. The summed E-state index contributed by atoms with van der Waals surface area (Å²) >= 11 is 0. The predicted octanol–water partition coefficient (Wildman–Crippen LogP) is 6.05. The van der Waals surface area contributed by atoms with Gasteiger partial charge in [-0.05, 0) is 42.5 Å². The first-order chi connectivity index (χ1) is 20.4. The topological polar surface area (TPSA) is 74.2 Å². The average molecular weight is 567 g/mol. The Kier molecular flexibility index (Phi) is 9.62. The Morgan fingerprint density at radius 2 is 1.26 bits per heavy atom. The molecule has 1 N–H and O–H groups in total. The van der Waals surface area contributed by atoms with Crippen molar-refractivity contribution in [2.75, 3.05) is 13.2 Å². The van der Waals surface area contributed by atoms with Crippen LogP contribution in [0.3, 0.4) is 0 Å². The van der Waals surface area contributed by atoms with Crippen LogP contribution in [0.5, 0.6) is 0 Å². The highest BCUT2D eigenvalue weighted by Crippen LogP contribution is 2.41. The second kappa shape index (κ2) is 13.6. The van der Waals surface area contributed by atoms with Gasteiger partial charge in [0.25, 0.3) is 0 Å². The molecule has 0 saturated carbocycles. The summed E-state index contributed by atoms with van der Waals surface area (Å²) in [6.07, 6.45) is -2.51. The van der Waals surface area contributed by atoms with Crippen molar-refractivity contribution >= 4 is 5.78 Å². The zero-order chi connectivity index (χ0) is 29.4. The second-order valence-corrected chi connectivity index (χ2v) is 10.9. The van der Waals surface area contributed by atoms with E-state index < -0.39 is 29.7 Å². The van der Waals surface area contributed by atoms with Crippen LogP contribution in [0.25, 0.3) is 0 Å². The molecule has 4 aromatic rings. The Bertz CT molecular complexity index is 1300. The molecule has 5 rings (SSSR count). The number of carbonyl (C=O) groups is 1. The number of rotatable bonds is 13. The number of ketones is 1. The van der Waals surface area contributed by atoms with Crippen molar-refractivity contribution < 1.29 is 28.8 Å². The van der Waals surface area contributed by atoms with E-state index in [-0.39, 0.29) is 12.4 Å². The summed E-state index contributed by atoms with van der Waals surface area (Å²) in [6, 6.07) is 39.5. The first-order valence-electron chi connectivity index (χ1n) is 14.4. The molecule has 0 unspecified atom stereocenters. The van der Waals surface area contributed by atoms with Crippen molar-refractivity contribution in [1.82, 2.24) is 0 Å². The van der Waals surface area contributed by atoms with Gasteiger partial charge < -0.3 is 24.1 Å². The molecule has 0 aliphatic carbocycles. The highest BCUT2D eigenvalue weighted by atomic mass is 16.8. The number of aliphatic hydroxyl groups is 1. The summed E-state index contributed by atoms with van der Waals surface area (Å²) in [5.74, 6) is -1.34. The molecule has 1 fully saturated rings. The van der Waals surface area contributed by atoms with E-state index in [1.807, 2.05) is 121 Å². The van der Waals surface area contributed by atoms with Gasteiger partial charge in [-0.1, -0.05) is 121 Å². The van der Waals surface area contributed by atoms with E-state index >= 15 is 0 Å². The first-order valence-corrected chi connectivity index (χ1v) is 14.4. The third-order valence-electron chi connectivity index (χ3n) is 7.47. The first kappa shape index (κ1) is 29.8. The van der Waals surface area contributed by atoms with Crippen molar-refractivity contribution in [1.29, 1.82) is 0 Å².